The minimum atomic E-state index is 0.246. The maximum atomic E-state index is 8.49. The minimum Gasteiger partial charge on any atom is -0.396 e. The van der Waals surface area contributed by atoms with Gasteiger partial charge in [-0.2, -0.15) is 0 Å². The molecule has 0 unspecified atom stereocenters. The fourth-order valence-electron chi connectivity index (χ4n) is 0.910. The van der Waals surface area contributed by atoms with Crippen molar-refractivity contribution in [3.63, 3.8) is 0 Å². The van der Waals surface area contributed by atoms with Crippen LogP contribution >= 0.6 is 0 Å². The van der Waals surface area contributed by atoms with E-state index in [-0.39, 0.29) is 6.61 Å². The minimum absolute atomic E-state index is 0.246. The largest absolute Gasteiger partial charge is 0.396 e. The number of rotatable bonds is 4. The number of imidazole rings is 1. The molecule has 0 saturated carbocycles. The van der Waals surface area contributed by atoms with Crippen LogP contribution in [0.5, 0.6) is 0 Å². The van der Waals surface area contributed by atoms with Gasteiger partial charge >= 0.3 is 0 Å². The SMILES string of the molecule is Nc1cnc(CCCCO)[nH]1. The first-order valence-corrected chi connectivity index (χ1v) is 3.73. The van der Waals surface area contributed by atoms with Crippen LogP contribution in [0.3, 0.4) is 0 Å². The molecule has 4 nitrogen and oxygen atoms in total. The van der Waals surface area contributed by atoms with E-state index >= 15 is 0 Å². The summed E-state index contributed by atoms with van der Waals surface area (Å²) >= 11 is 0. The standard InChI is InChI=1S/C7H13N3O/c8-6-5-9-7(10-6)3-1-2-4-11/h5,11H,1-4,8H2,(H,9,10). The van der Waals surface area contributed by atoms with E-state index in [4.69, 9.17) is 10.8 Å². The molecule has 1 aromatic heterocycles. The maximum absolute atomic E-state index is 8.49. The van der Waals surface area contributed by atoms with Gasteiger partial charge in [-0.1, -0.05) is 0 Å². The summed E-state index contributed by atoms with van der Waals surface area (Å²) in [5.41, 5.74) is 5.42. The number of anilines is 1. The van der Waals surface area contributed by atoms with Gasteiger partial charge in [0.05, 0.1) is 6.20 Å². The summed E-state index contributed by atoms with van der Waals surface area (Å²) in [6.07, 6.45) is 4.23. The third kappa shape index (κ3) is 2.59. The number of nitrogen functional groups attached to an aromatic ring is 1. The van der Waals surface area contributed by atoms with Crippen LogP contribution in [0.4, 0.5) is 5.82 Å². The molecule has 0 bridgehead atoms. The molecule has 1 aromatic rings. The van der Waals surface area contributed by atoms with E-state index in [9.17, 15) is 0 Å². The Balaban J connectivity index is 2.27. The highest BCUT2D eigenvalue weighted by molar-refractivity contribution is 5.24. The summed E-state index contributed by atoms with van der Waals surface area (Å²) in [7, 11) is 0. The fourth-order valence-corrected chi connectivity index (χ4v) is 0.910. The van der Waals surface area contributed by atoms with E-state index in [1.54, 1.807) is 6.20 Å². The highest BCUT2D eigenvalue weighted by atomic mass is 16.2. The summed E-state index contributed by atoms with van der Waals surface area (Å²) in [6, 6.07) is 0. The summed E-state index contributed by atoms with van der Waals surface area (Å²) in [5, 5.41) is 8.49. The van der Waals surface area contributed by atoms with E-state index in [1.165, 1.54) is 0 Å². The van der Waals surface area contributed by atoms with Crippen LogP contribution in [0.2, 0.25) is 0 Å². The third-order valence-corrected chi connectivity index (χ3v) is 1.47. The van der Waals surface area contributed by atoms with Gasteiger partial charge in [-0.05, 0) is 12.8 Å². The van der Waals surface area contributed by atoms with Crippen LogP contribution in [-0.4, -0.2) is 21.7 Å². The van der Waals surface area contributed by atoms with Crippen molar-refractivity contribution in [2.24, 2.45) is 0 Å². The quantitative estimate of drug-likeness (QED) is 0.548. The first-order valence-electron chi connectivity index (χ1n) is 3.73. The van der Waals surface area contributed by atoms with Gasteiger partial charge in [-0.25, -0.2) is 4.98 Å². The van der Waals surface area contributed by atoms with Crippen molar-refractivity contribution in [3.8, 4) is 0 Å². The van der Waals surface area contributed by atoms with Crippen molar-refractivity contribution in [1.29, 1.82) is 0 Å². The van der Waals surface area contributed by atoms with Crippen molar-refractivity contribution < 1.29 is 5.11 Å². The van der Waals surface area contributed by atoms with Crippen molar-refractivity contribution in [1.82, 2.24) is 9.97 Å². The van der Waals surface area contributed by atoms with Crippen LogP contribution in [0.15, 0.2) is 6.20 Å². The molecule has 0 atom stereocenters. The number of aliphatic hydroxyl groups is 1. The van der Waals surface area contributed by atoms with Crippen molar-refractivity contribution >= 4 is 5.82 Å². The number of aliphatic hydroxyl groups excluding tert-OH is 1. The molecular weight excluding hydrogens is 142 g/mol. The number of unbranched alkanes of at least 4 members (excludes halogenated alkanes) is 1. The number of H-pyrrole nitrogens is 1. The number of nitrogens with two attached hydrogens (primary N) is 1. The van der Waals surface area contributed by atoms with Crippen LogP contribution in [0, 0.1) is 0 Å². The van der Waals surface area contributed by atoms with Crippen molar-refractivity contribution in [3.05, 3.63) is 12.0 Å². The van der Waals surface area contributed by atoms with Gasteiger partial charge in [-0.15, -0.1) is 0 Å². The van der Waals surface area contributed by atoms with Gasteiger partial charge < -0.3 is 15.8 Å². The maximum Gasteiger partial charge on any atom is 0.120 e. The first kappa shape index (κ1) is 8.07. The number of nitrogens with zero attached hydrogens (tertiary/aromatic N) is 1. The third-order valence-electron chi connectivity index (χ3n) is 1.47. The predicted octanol–water partition coefficient (Wildman–Crippen LogP) is 0.307. The lowest BCUT2D eigenvalue weighted by Gasteiger charge is -1.93. The molecule has 0 amide bonds. The van der Waals surface area contributed by atoms with Crippen LogP contribution in [-0.2, 0) is 6.42 Å². The fraction of sp³-hybridized carbons (Fsp3) is 0.571. The molecule has 1 heterocycles. The molecule has 0 radical (unpaired) electrons. The highest BCUT2D eigenvalue weighted by Crippen LogP contribution is 2.01. The monoisotopic (exact) mass is 155 g/mol. The van der Waals surface area contributed by atoms with E-state index in [0.717, 1.165) is 25.1 Å². The smallest absolute Gasteiger partial charge is 0.120 e. The Labute approximate surface area is 65.5 Å². The molecule has 0 saturated heterocycles. The number of nitrogens with one attached hydrogen (secondary N) is 1. The van der Waals surface area contributed by atoms with Gasteiger partial charge in [0.15, 0.2) is 0 Å². The molecule has 4 N–H and O–H groups in total. The van der Waals surface area contributed by atoms with Crippen molar-refractivity contribution in [2.45, 2.75) is 19.3 Å². The van der Waals surface area contributed by atoms with E-state index in [2.05, 4.69) is 9.97 Å². The Morgan fingerprint density at radius 2 is 2.36 bits per heavy atom. The molecule has 4 heteroatoms. The topological polar surface area (TPSA) is 74.9 Å². The molecule has 0 aliphatic carbocycles. The van der Waals surface area contributed by atoms with Gasteiger partial charge in [0.2, 0.25) is 0 Å². The Bertz CT molecular complexity index is 209. The summed E-state index contributed by atoms with van der Waals surface area (Å²) < 4.78 is 0. The Hall–Kier alpha value is -1.03. The normalized spacial score (nSPS) is 10.3. The van der Waals surface area contributed by atoms with E-state index in [1.807, 2.05) is 0 Å². The van der Waals surface area contributed by atoms with Gasteiger partial charge in [0, 0.05) is 13.0 Å². The number of aryl methyl sites for hydroxylation is 1. The lowest BCUT2D eigenvalue weighted by Crippen LogP contribution is -1.91. The number of aromatic nitrogens is 2. The molecular formula is C7H13N3O. The van der Waals surface area contributed by atoms with Crippen LogP contribution in [0.1, 0.15) is 18.7 Å². The second kappa shape index (κ2) is 3.98. The predicted molar refractivity (Wildman–Crippen MR) is 43.0 cm³/mol. The van der Waals surface area contributed by atoms with Gasteiger partial charge in [0.1, 0.15) is 11.6 Å². The number of hydrogen-bond acceptors (Lipinski definition) is 3. The molecule has 0 aliphatic heterocycles. The Kier molecular flexibility index (Phi) is 2.92. The summed E-state index contributed by atoms with van der Waals surface area (Å²) in [6.45, 7) is 0.246. The van der Waals surface area contributed by atoms with Crippen LogP contribution in [0.25, 0.3) is 0 Å². The highest BCUT2D eigenvalue weighted by Gasteiger charge is 1.95. The zero-order chi connectivity index (χ0) is 8.10. The summed E-state index contributed by atoms with van der Waals surface area (Å²) in [5.74, 6) is 1.50. The lowest BCUT2D eigenvalue weighted by molar-refractivity contribution is 0.284. The van der Waals surface area contributed by atoms with Gasteiger partial charge in [-0.3, -0.25) is 0 Å². The van der Waals surface area contributed by atoms with Crippen molar-refractivity contribution in [2.75, 3.05) is 12.3 Å². The lowest BCUT2D eigenvalue weighted by atomic mass is 10.2. The number of hydrogen-bond donors (Lipinski definition) is 3. The summed E-state index contributed by atoms with van der Waals surface area (Å²) in [4.78, 5) is 6.95. The second-order valence-corrected chi connectivity index (χ2v) is 2.47. The molecule has 11 heavy (non-hydrogen) atoms. The Morgan fingerprint density at radius 1 is 1.55 bits per heavy atom. The molecule has 62 valence electrons. The average Bonchev–Trinajstić information content (AvgIpc) is 2.37. The second-order valence-electron chi connectivity index (χ2n) is 2.47. The first-order chi connectivity index (χ1) is 5.33. The number of aromatic amines is 1. The molecule has 0 fully saturated rings. The van der Waals surface area contributed by atoms with Gasteiger partial charge in [0.25, 0.3) is 0 Å². The average molecular weight is 155 g/mol. The van der Waals surface area contributed by atoms with E-state index < -0.39 is 0 Å². The Morgan fingerprint density at radius 3 is 2.91 bits per heavy atom. The van der Waals surface area contributed by atoms with Crippen LogP contribution < -0.4 is 5.73 Å². The zero-order valence-corrected chi connectivity index (χ0v) is 6.38. The molecule has 0 aliphatic rings. The molecule has 0 spiro atoms. The zero-order valence-electron chi connectivity index (χ0n) is 6.38. The molecule has 0 aromatic carbocycles. The molecule has 1 rings (SSSR count). The van der Waals surface area contributed by atoms with E-state index in [0.29, 0.717) is 5.82 Å².